The van der Waals surface area contributed by atoms with Gasteiger partial charge in [0.25, 0.3) is 0 Å². The third-order valence-corrected chi connectivity index (χ3v) is 3.04. The van der Waals surface area contributed by atoms with Crippen LogP contribution in [0.4, 0.5) is 0 Å². The Morgan fingerprint density at radius 2 is 2.00 bits per heavy atom. The summed E-state index contributed by atoms with van der Waals surface area (Å²) in [6.45, 7) is 2.19. The normalized spacial score (nSPS) is 18.9. The maximum Gasteiger partial charge on any atom is 0.141 e. The molecule has 17 heavy (non-hydrogen) atoms. The minimum Gasteiger partial charge on any atom is -0.299 e. The van der Waals surface area contributed by atoms with Gasteiger partial charge in [-0.15, -0.1) is 0 Å². The number of ketones is 1. The largest absolute Gasteiger partial charge is 0.299 e. The highest BCUT2D eigenvalue weighted by molar-refractivity contribution is 5.83. The molecule has 0 aliphatic heterocycles. The number of hydrogen-bond donors (Lipinski definition) is 0. The molecule has 1 atom stereocenters. The molecule has 0 bridgehead atoms. The summed E-state index contributed by atoms with van der Waals surface area (Å²) < 4.78 is 0. The summed E-state index contributed by atoms with van der Waals surface area (Å²) in [5, 5.41) is 0. The summed E-state index contributed by atoms with van der Waals surface area (Å²) in [7, 11) is 0. The second-order valence-corrected chi connectivity index (χ2v) is 4.73. The van der Waals surface area contributed by atoms with E-state index in [2.05, 4.69) is 25.2 Å². The predicted molar refractivity (Wildman–Crippen MR) is 70.8 cm³/mol. The Morgan fingerprint density at radius 3 is 2.65 bits per heavy atom. The minimum absolute atomic E-state index is 0.293. The molecule has 1 aliphatic carbocycles. The molecule has 0 saturated carbocycles. The van der Waals surface area contributed by atoms with E-state index >= 15 is 0 Å². The fraction of sp³-hybridized carbons (Fsp3) is 0.312. The second kappa shape index (κ2) is 5.62. The molecule has 1 unspecified atom stereocenters. The van der Waals surface area contributed by atoms with E-state index in [1.54, 1.807) is 0 Å². The number of benzene rings is 1. The van der Waals surface area contributed by atoms with Crippen molar-refractivity contribution in [2.45, 2.75) is 26.2 Å². The molecule has 1 heteroatoms. The molecule has 1 nitrogen and oxygen atoms in total. The summed E-state index contributed by atoms with van der Waals surface area (Å²) >= 11 is 0. The van der Waals surface area contributed by atoms with Gasteiger partial charge in [0.15, 0.2) is 0 Å². The van der Waals surface area contributed by atoms with Crippen molar-refractivity contribution in [3.05, 3.63) is 59.7 Å². The lowest BCUT2D eigenvalue weighted by Gasteiger charge is -2.11. The van der Waals surface area contributed by atoms with Crippen LogP contribution in [0.25, 0.3) is 0 Å². The quantitative estimate of drug-likeness (QED) is 0.765. The van der Waals surface area contributed by atoms with Crippen LogP contribution in [0.2, 0.25) is 0 Å². The molecule has 1 aromatic rings. The van der Waals surface area contributed by atoms with Crippen LogP contribution in [0.1, 0.15) is 25.3 Å². The maximum absolute atomic E-state index is 11.9. The van der Waals surface area contributed by atoms with E-state index in [0.717, 1.165) is 12.0 Å². The molecule has 0 spiro atoms. The molecule has 1 aliphatic rings. The molecule has 0 radical (unpaired) electrons. The van der Waals surface area contributed by atoms with Gasteiger partial charge < -0.3 is 0 Å². The lowest BCUT2D eigenvalue weighted by molar-refractivity contribution is -0.117. The zero-order valence-corrected chi connectivity index (χ0v) is 10.2. The smallest absolute Gasteiger partial charge is 0.141 e. The zero-order valence-electron chi connectivity index (χ0n) is 10.2. The van der Waals surface area contributed by atoms with E-state index in [9.17, 15) is 4.79 Å². The molecule has 88 valence electrons. The fourth-order valence-corrected chi connectivity index (χ4v) is 2.02. The number of rotatable bonds is 4. The highest BCUT2D eigenvalue weighted by Gasteiger charge is 2.08. The van der Waals surface area contributed by atoms with Gasteiger partial charge in [0, 0.05) is 12.8 Å². The predicted octanol–water partition coefficient (Wildman–Crippen LogP) is 3.71. The van der Waals surface area contributed by atoms with E-state index in [1.807, 2.05) is 30.3 Å². The van der Waals surface area contributed by atoms with Crippen LogP contribution in [0, 0.1) is 5.92 Å². The Balaban J connectivity index is 1.88. The van der Waals surface area contributed by atoms with Crippen molar-refractivity contribution in [2.24, 2.45) is 5.92 Å². The zero-order chi connectivity index (χ0) is 12.1. The molecular weight excluding hydrogens is 208 g/mol. The lowest BCUT2D eigenvalue weighted by atomic mass is 9.94. The van der Waals surface area contributed by atoms with E-state index in [4.69, 9.17) is 0 Å². The van der Waals surface area contributed by atoms with Gasteiger partial charge in [-0.1, -0.05) is 55.5 Å². The highest BCUT2D eigenvalue weighted by atomic mass is 16.1. The molecule has 2 rings (SSSR count). The third kappa shape index (κ3) is 3.70. The number of carbonyl (C=O) groups excluding carboxylic acids is 1. The standard InChI is InChI=1S/C16H18O/c1-13-7-9-15(10-8-13)12-16(17)11-14-5-3-2-4-6-14/h2-7,9-10,13H,8,11-12H2,1H3. The summed E-state index contributed by atoms with van der Waals surface area (Å²) in [4.78, 5) is 11.9. The molecule has 0 N–H and O–H groups in total. The fourth-order valence-electron chi connectivity index (χ4n) is 2.02. The molecule has 0 amide bonds. The molecule has 0 heterocycles. The van der Waals surface area contributed by atoms with Crippen molar-refractivity contribution >= 4 is 5.78 Å². The Labute approximate surface area is 103 Å². The molecule has 0 saturated heterocycles. The number of hydrogen-bond acceptors (Lipinski definition) is 1. The average Bonchev–Trinajstić information content (AvgIpc) is 2.33. The van der Waals surface area contributed by atoms with Gasteiger partial charge in [0.05, 0.1) is 0 Å². The van der Waals surface area contributed by atoms with Crippen LogP contribution in [-0.2, 0) is 11.2 Å². The Kier molecular flexibility index (Phi) is 3.92. The van der Waals surface area contributed by atoms with E-state index < -0.39 is 0 Å². The minimum atomic E-state index is 0.293. The topological polar surface area (TPSA) is 17.1 Å². The summed E-state index contributed by atoms with van der Waals surface area (Å²) in [5.41, 5.74) is 2.27. The van der Waals surface area contributed by atoms with Gasteiger partial charge in [-0.3, -0.25) is 4.79 Å². The van der Waals surface area contributed by atoms with E-state index in [0.29, 0.717) is 24.5 Å². The number of carbonyl (C=O) groups is 1. The van der Waals surface area contributed by atoms with Crippen LogP contribution in [0.3, 0.4) is 0 Å². The van der Waals surface area contributed by atoms with Crippen molar-refractivity contribution in [3.8, 4) is 0 Å². The first-order chi connectivity index (χ1) is 8.24. The lowest BCUT2D eigenvalue weighted by Crippen LogP contribution is -2.05. The van der Waals surface area contributed by atoms with Gasteiger partial charge in [-0.25, -0.2) is 0 Å². The number of Topliss-reactive ketones (excluding diaryl/α,β-unsaturated/α-hetero) is 1. The van der Waals surface area contributed by atoms with E-state index in [-0.39, 0.29) is 0 Å². The van der Waals surface area contributed by atoms with Gasteiger partial charge >= 0.3 is 0 Å². The Morgan fingerprint density at radius 1 is 1.24 bits per heavy atom. The van der Waals surface area contributed by atoms with Gasteiger partial charge in [0.2, 0.25) is 0 Å². The highest BCUT2D eigenvalue weighted by Crippen LogP contribution is 2.18. The summed E-state index contributed by atoms with van der Waals surface area (Å²) in [6.07, 6.45) is 8.64. The van der Waals surface area contributed by atoms with Crippen LogP contribution in [-0.4, -0.2) is 5.78 Å². The van der Waals surface area contributed by atoms with E-state index in [1.165, 1.54) is 5.57 Å². The van der Waals surface area contributed by atoms with Gasteiger partial charge in [-0.05, 0) is 23.5 Å². The van der Waals surface area contributed by atoms with Gasteiger partial charge in [0.1, 0.15) is 5.78 Å². The van der Waals surface area contributed by atoms with Crippen molar-refractivity contribution < 1.29 is 4.79 Å². The van der Waals surface area contributed by atoms with Crippen molar-refractivity contribution in [1.82, 2.24) is 0 Å². The van der Waals surface area contributed by atoms with Gasteiger partial charge in [-0.2, -0.15) is 0 Å². The summed E-state index contributed by atoms with van der Waals surface area (Å²) in [6, 6.07) is 9.94. The maximum atomic E-state index is 11.9. The SMILES string of the molecule is CC1C=CC(CC(=O)Cc2ccccc2)=CC1. The Bertz CT molecular complexity index is 440. The number of allylic oxidation sites excluding steroid dienone is 4. The third-order valence-electron chi connectivity index (χ3n) is 3.04. The first-order valence-corrected chi connectivity index (χ1v) is 6.17. The van der Waals surface area contributed by atoms with Crippen LogP contribution >= 0.6 is 0 Å². The van der Waals surface area contributed by atoms with Crippen LogP contribution < -0.4 is 0 Å². The summed E-state index contributed by atoms with van der Waals surface area (Å²) in [5.74, 6) is 0.907. The Hall–Kier alpha value is -1.63. The first kappa shape index (κ1) is 11.8. The van der Waals surface area contributed by atoms with Crippen LogP contribution in [0.5, 0.6) is 0 Å². The average molecular weight is 226 g/mol. The molecule has 0 fully saturated rings. The van der Waals surface area contributed by atoms with Crippen LogP contribution in [0.15, 0.2) is 54.1 Å². The van der Waals surface area contributed by atoms with Crippen molar-refractivity contribution in [2.75, 3.05) is 0 Å². The molecule has 1 aromatic carbocycles. The van der Waals surface area contributed by atoms with Crippen molar-refractivity contribution in [3.63, 3.8) is 0 Å². The molecule has 0 aromatic heterocycles. The monoisotopic (exact) mass is 226 g/mol. The first-order valence-electron chi connectivity index (χ1n) is 6.17. The van der Waals surface area contributed by atoms with Crippen molar-refractivity contribution in [1.29, 1.82) is 0 Å². The second-order valence-electron chi connectivity index (χ2n) is 4.73. The molecular formula is C16H18O.